The summed E-state index contributed by atoms with van der Waals surface area (Å²) in [6.07, 6.45) is 2.66. The molecule has 1 atom stereocenters. The van der Waals surface area contributed by atoms with Crippen LogP contribution in [0.1, 0.15) is 19.4 Å². The van der Waals surface area contributed by atoms with Gasteiger partial charge in [0.2, 0.25) is 0 Å². The lowest BCUT2D eigenvalue weighted by Gasteiger charge is -2.29. The standard InChI is InChI=1S/C19H26N2O3/c1-6-10-23-18-17(24-11-9-13(2)3)15-8-7-14(21(4)5)12-16(15)20-19(18)22/h6-9,12,19-20,22H,1,10-11H2,2-5H3. The van der Waals surface area contributed by atoms with Crippen molar-refractivity contribution in [1.82, 2.24) is 0 Å². The normalized spacial score (nSPS) is 16.0. The molecule has 0 saturated carbocycles. The van der Waals surface area contributed by atoms with Crippen LogP contribution >= 0.6 is 0 Å². The monoisotopic (exact) mass is 330 g/mol. The molecule has 24 heavy (non-hydrogen) atoms. The number of aliphatic hydroxyl groups is 1. The molecule has 0 aliphatic carbocycles. The molecular weight excluding hydrogens is 304 g/mol. The predicted molar refractivity (Wildman–Crippen MR) is 98.9 cm³/mol. The van der Waals surface area contributed by atoms with Crippen LogP contribution in [0.3, 0.4) is 0 Å². The summed E-state index contributed by atoms with van der Waals surface area (Å²) in [5.74, 6) is 0.933. The molecule has 0 bridgehead atoms. The van der Waals surface area contributed by atoms with Crippen LogP contribution in [-0.2, 0) is 9.47 Å². The third-order valence-electron chi connectivity index (χ3n) is 3.60. The van der Waals surface area contributed by atoms with Crippen LogP contribution in [0.5, 0.6) is 0 Å². The number of anilines is 2. The maximum absolute atomic E-state index is 10.4. The second-order valence-corrected chi connectivity index (χ2v) is 6.06. The van der Waals surface area contributed by atoms with Crippen LogP contribution < -0.4 is 10.2 Å². The lowest BCUT2D eigenvalue weighted by atomic mass is 10.0. The van der Waals surface area contributed by atoms with E-state index in [2.05, 4.69) is 11.9 Å². The first-order valence-corrected chi connectivity index (χ1v) is 7.94. The zero-order chi connectivity index (χ0) is 17.7. The van der Waals surface area contributed by atoms with Crippen molar-refractivity contribution >= 4 is 17.1 Å². The number of ether oxygens (including phenoxy) is 2. The Bertz CT molecular complexity index is 659. The number of fused-ring (bicyclic) bond motifs is 1. The summed E-state index contributed by atoms with van der Waals surface area (Å²) in [5.41, 5.74) is 3.88. The number of hydrogen-bond acceptors (Lipinski definition) is 5. The predicted octanol–water partition coefficient (Wildman–Crippen LogP) is 3.35. The summed E-state index contributed by atoms with van der Waals surface area (Å²) in [6.45, 7) is 8.40. The third kappa shape index (κ3) is 4.11. The zero-order valence-electron chi connectivity index (χ0n) is 14.8. The number of rotatable bonds is 7. The summed E-state index contributed by atoms with van der Waals surface area (Å²) in [5, 5.41) is 13.5. The molecule has 1 unspecified atom stereocenters. The van der Waals surface area contributed by atoms with Gasteiger partial charge in [-0.2, -0.15) is 0 Å². The summed E-state index contributed by atoms with van der Waals surface area (Å²) in [4.78, 5) is 2.01. The Balaban J connectivity index is 2.42. The second kappa shape index (κ2) is 7.93. The number of nitrogens with one attached hydrogen (secondary N) is 1. The van der Waals surface area contributed by atoms with Crippen molar-refractivity contribution in [2.45, 2.75) is 20.1 Å². The second-order valence-electron chi connectivity index (χ2n) is 6.06. The molecule has 0 fully saturated rings. The van der Waals surface area contributed by atoms with E-state index in [1.165, 1.54) is 5.57 Å². The maximum Gasteiger partial charge on any atom is 0.188 e. The molecule has 1 heterocycles. The zero-order valence-corrected chi connectivity index (χ0v) is 14.8. The van der Waals surface area contributed by atoms with Gasteiger partial charge in [0, 0.05) is 31.0 Å². The van der Waals surface area contributed by atoms with Crippen molar-refractivity contribution in [2.75, 3.05) is 37.5 Å². The molecule has 5 nitrogen and oxygen atoms in total. The van der Waals surface area contributed by atoms with Crippen LogP contribution in [-0.4, -0.2) is 38.6 Å². The molecule has 1 aromatic carbocycles. The van der Waals surface area contributed by atoms with Gasteiger partial charge in [0.1, 0.15) is 13.2 Å². The third-order valence-corrected chi connectivity index (χ3v) is 3.60. The van der Waals surface area contributed by atoms with E-state index < -0.39 is 6.23 Å². The molecule has 130 valence electrons. The Morgan fingerprint density at radius 3 is 2.67 bits per heavy atom. The first-order valence-electron chi connectivity index (χ1n) is 7.94. The first kappa shape index (κ1) is 17.9. The van der Waals surface area contributed by atoms with Crippen LogP contribution in [0, 0.1) is 0 Å². The lowest BCUT2D eigenvalue weighted by molar-refractivity contribution is 0.121. The minimum atomic E-state index is -0.962. The quantitative estimate of drug-likeness (QED) is 0.751. The van der Waals surface area contributed by atoms with Crippen molar-refractivity contribution in [3.63, 3.8) is 0 Å². The summed E-state index contributed by atoms with van der Waals surface area (Å²) < 4.78 is 11.6. The molecule has 0 saturated heterocycles. The van der Waals surface area contributed by atoms with Gasteiger partial charge in [0.15, 0.2) is 17.7 Å². The molecule has 1 aliphatic heterocycles. The van der Waals surface area contributed by atoms with Gasteiger partial charge in [-0.3, -0.25) is 0 Å². The van der Waals surface area contributed by atoms with E-state index in [0.717, 1.165) is 16.9 Å². The molecule has 2 N–H and O–H groups in total. The molecular formula is C19H26N2O3. The van der Waals surface area contributed by atoms with Gasteiger partial charge in [0.05, 0.1) is 0 Å². The Morgan fingerprint density at radius 1 is 1.29 bits per heavy atom. The van der Waals surface area contributed by atoms with Gasteiger partial charge in [-0.1, -0.05) is 18.2 Å². The SMILES string of the molecule is C=CCOC1=C(OCC=C(C)C)c2ccc(N(C)C)cc2NC1O. The number of hydrogen-bond donors (Lipinski definition) is 2. The van der Waals surface area contributed by atoms with E-state index in [1.54, 1.807) is 6.08 Å². The highest BCUT2D eigenvalue weighted by molar-refractivity contribution is 5.80. The minimum Gasteiger partial charge on any atom is -0.485 e. The van der Waals surface area contributed by atoms with Crippen LogP contribution in [0.25, 0.3) is 5.76 Å². The Kier molecular flexibility index (Phi) is 5.93. The fourth-order valence-electron chi connectivity index (χ4n) is 2.33. The average molecular weight is 330 g/mol. The number of aliphatic hydroxyl groups excluding tert-OH is 1. The number of allylic oxidation sites excluding steroid dienone is 1. The van der Waals surface area contributed by atoms with E-state index in [1.807, 2.05) is 57.1 Å². The van der Waals surface area contributed by atoms with E-state index in [4.69, 9.17) is 9.47 Å². The smallest absolute Gasteiger partial charge is 0.188 e. The van der Waals surface area contributed by atoms with Gasteiger partial charge in [-0.25, -0.2) is 0 Å². The topological polar surface area (TPSA) is 54.0 Å². The summed E-state index contributed by atoms with van der Waals surface area (Å²) >= 11 is 0. The molecule has 5 heteroatoms. The van der Waals surface area contributed by atoms with Crippen molar-refractivity contribution in [3.05, 3.63) is 53.8 Å². The minimum absolute atomic E-state index is 0.300. The average Bonchev–Trinajstić information content (AvgIpc) is 2.52. The molecule has 1 aromatic rings. The van der Waals surface area contributed by atoms with Crippen molar-refractivity contribution in [1.29, 1.82) is 0 Å². The van der Waals surface area contributed by atoms with Crippen molar-refractivity contribution < 1.29 is 14.6 Å². The van der Waals surface area contributed by atoms with Gasteiger partial charge < -0.3 is 24.8 Å². The van der Waals surface area contributed by atoms with Gasteiger partial charge in [-0.15, -0.1) is 0 Å². The number of nitrogens with zero attached hydrogens (tertiary/aromatic N) is 1. The van der Waals surface area contributed by atoms with E-state index >= 15 is 0 Å². The Hall–Kier alpha value is -2.40. The number of benzene rings is 1. The van der Waals surface area contributed by atoms with E-state index in [0.29, 0.717) is 24.7 Å². The van der Waals surface area contributed by atoms with Crippen LogP contribution in [0.4, 0.5) is 11.4 Å². The lowest BCUT2D eigenvalue weighted by Crippen LogP contribution is -2.29. The van der Waals surface area contributed by atoms with Gasteiger partial charge >= 0.3 is 0 Å². The van der Waals surface area contributed by atoms with Crippen LogP contribution in [0.15, 0.2) is 48.3 Å². The van der Waals surface area contributed by atoms with E-state index in [9.17, 15) is 5.11 Å². The Morgan fingerprint density at radius 2 is 2.04 bits per heavy atom. The molecule has 0 spiro atoms. The highest BCUT2D eigenvalue weighted by atomic mass is 16.5. The highest BCUT2D eigenvalue weighted by Gasteiger charge is 2.28. The molecule has 2 rings (SSSR count). The summed E-state index contributed by atoms with van der Waals surface area (Å²) in [6, 6.07) is 5.96. The fourth-order valence-corrected chi connectivity index (χ4v) is 2.33. The summed E-state index contributed by atoms with van der Waals surface area (Å²) in [7, 11) is 3.95. The molecule has 0 aromatic heterocycles. The van der Waals surface area contributed by atoms with Crippen molar-refractivity contribution in [2.24, 2.45) is 0 Å². The molecule has 1 aliphatic rings. The molecule has 0 amide bonds. The Labute approximate surface area is 143 Å². The highest BCUT2D eigenvalue weighted by Crippen LogP contribution is 2.36. The fraction of sp³-hybridized carbons (Fsp3) is 0.368. The van der Waals surface area contributed by atoms with Gasteiger partial charge in [0.25, 0.3) is 0 Å². The van der Waals surface area contributed by atoms with Crippen molar-refractivity contribution in [3.8, 4) is 0 Å². The van der Waals surface area contributed by atoms with Crippen LogP contribution in [0.2, 0.25) is 0 Å². The largest absolute Gasteiger partial charge is 0.485 e. The van der Waals surface area contributed by atoms with Gasteiger partial charge in [-0.05, 0) is 38.1 Å². The van der Waals surface area contributed by atoms with E-state index in [-0.39, 0.29) is 0 Å². The maximum atomic E-state index is 10.4. The molecule has 0 radical (unpaired) electrons. The first-order chi connectivity index (χ1) is 11.4.